The van der Waals surface area contributed by atoms with Gasteiger partial charge in [0.1, 0.15) is 5.75 Å². The summed E-state index contributed by atoms with van der Waals surface area (Å²) < 4.78 is 5.13. The molecule has 0 atom stereocenters. The van der Waals surface area contributed by atoms with Crippen LogP contribution < -0.4 is 9.84 Å². The van der Waals surface area contributed by atoms with Crippen LogP contribution in [0.4, 0.5) is 11.4 Å². The fraction of sp³-hybridized carbons (Fsp3) is 0.0714. The van der Waals surface area contributed by atoms with Crippen LogP contribution in [0.1, 0.15) is 5.56 Å². The minimum atomic E-state index is -0.578. The molecule has 0 spiro atoms. The van der Waals surface area contributed by atoms with Gasteiger partial charge in [0.25, 0.3) is 5.69 Å². The molecule has 6 nitrogen and oxygen atoms in total. The fourth-order valence-electron chi connectivity index (χ4n) is 1.68. The number of nitrogens with zero attached hydrogens (tertiary/aromatic N) is 2. The molecule has 0 aliphatic heterocycles. The summed E-state index contributed by atoms with van der Waals surface area (Å²) in [5.74, 6) is 0.122. The van der Waals surface area contributed by atoms with E-state index in [4.69, 9.17) is 16.3 Å². The molecule has 0 unspecified atom stereocenters. The predicted molar refractivity (Wildman–Crippen MR) is 85.5 cm³/mol. The van der Waals surface area contributed by atoms with Gasteiger partial charge in [-0.3, -0.25) is 15.1 Å². The number of benzene rings is 2. The van der Waals surface area contributed by atoms with Crippen LogP contribution in [0.2, 0.25) is 5.02 Å². The SMILES string of the molecule is COc1ccc(N=Cc2cc([N+](=O)[O-])cc(Br)c2[O-])cc1Cl. The Bertz CT molecular complexity index is 765. The van der Waals surface area contributed by atoms with Crippen molar-refractivity contribution in [2.75, 3.05) is 7.11 Å². The molecular formula is C14H9BrClN2O4-. The smallest absolute Gasteiger partial charge is 0.271 e. The Morgan fingerprint density at radius 3 is 2.68 bits per heavy atom. The quantitative estimate of drug-likeness (QED) is 0.455. The van der Waals surface area contributed by atoms with E-state index in [1.54, 1.807) is 18.2 Å². The molecule has 0 aliphatic rings. The lowest BCUT2D eigenvalue weighted by atomic mass is 10.2. The number of nitro groups is 1. The molecule has 8 heteroatoms. The minimum Gasteiger partial charge on any atom is -0.871 e. The molecule has 0 N–H and O–H groups in total. The van der Waals surface area contributed by atoms with Crippen LogP contribution in [0.25, 0.3) is 0 Å². The molecule has 0 heterocycles. The highest BCUT2D eigenvalue weighted by atomic mass is 79.9. The van der Waals surface area contributed by atoms with E-state index in [-0.39, 0.29) is 21.5 Å². The molecule has 2 aromatic rings. The zero-order chi connectivity index (χ0) is 16.3. The van der Waals surface area contributed by atoms with E-state index in [0.717, 1.165) is 6.07 Å². The number of non-ortho nitro benzene ring substituents is 1. The second-order valence-electron chi connectivity index (χ2n) is 4.18. The van der Waals surface area contributed by atoms with Gasteiger partial charge in [-0.2, -0.15) is 0 Å². The maximum atomic E-state index is 11.9. The Morgan fingerprint density at radius 2 is 2.09 bits per heavy atom. The Kier molecular flexibility index (Phi) is 4.99. The first-order valence-electron chi connectivity index (χ1n) is 5.95. The average molecular weight is 385 g/mol. The molecule has 0 aliphatic carbocycles. The Balaban J connectivity index is 2.37. The fourth-order valence-corrected chi connectivity index (χ4v) is 2.40. The van der Waals surface area contributed by atoms with E-state index in [2.05, 4.69) is 20.9 Å². The van der Waals surface area contributed by atoms with Crippen LogP contribution in [-0.4, -0.2) is 18.2 Å². The molecule has 0 fully saturated rings. The number of methoxy groups -OCH3 is 1. The molecule has 0 saturated carbocycles. The maximum Gasteiger partial charge on any atom is 0.271 e. The third kappa shape index (κ3) is 3.55. The van der Waals surface area contributed by atoms with Crippen molar-refractivity contribution in [3.8, 4) is 11.5 Å². The van der Waals surface area contributed by atoms with E-state index in [0.29, 0.717) is 16.5 Å². The second kappa shape index (κ2) is 6.76. The van der Waals surface area contributed by atoms with Gasteiger partial charge in [-0.1, -0.05) is 33.3 Å². The average Bonchev–Trinajstić information content (AvgIpc) is 2.48. The molecule has 0 radical (unpaired) electrons. The minimum absolute atomic E-state index is 0.105. The number of halogens is 2. The summed E-state index contributed by atoms with van der Waals surface area (Å²) in [4.78, 5) is 14.3. The van der Waals surface area contributed by atoms with Gasteiger partial charge in [-0.25, -0.2) is 0 Å². The van der Waals surface area contributed by atoms with E-state index in [9.17, 15) is 15.2 Å². The van der Waals surface area contributed by atoms with Gasteiger partial charge < -0.3 is 9.84 Å². The van der Waals surface area contributed by atoms with Crippen LogP contribution in [0.3, 0.4) is 0 Å². The molecule has 0 bridgehead atoms. The summed E-state index contributed by atoms with van der Waals surface area (Å²) >= 11 is 8.98. The van der Waals surface area contributed by atoms with Crippen LogP contribution in [0.15, 0.2) is 39.8 Å². The van der Waals surface area contributed by atoms with Crippen LogP contribution in [0, 0.1) is 10.1 Å². The van der Waals surface area contributed by atoms with Crippen molar-refractivity contribution in [2.24, 2.45) is 4.99 Å². The molecule has 0 saturated heterocycles. The molecular weight excluding hydrogens is 376 g/mol. The van der Waals surface area contributed by atoms with Gasteiger partial charge in [0.15, 0.2) is 0 Å². The highest BCUT2D eigenvalue weighted by Crippen LogP contribution is 2.31. The first-order chi connectivity index (χ1) is 10.4. The standard InChI is InChI=1S/C14H10BrClN2O4/c1-22-13-3-2-9(5-12(13)16)17-7-8-4-10(18(20)21)6-11(15)14(8)19/h2-7,19H,1H3/p-1. The van der Waals surface area contributed by atoms with E-state index in [1.807, 2.05) is 0 Å². The van der Waals surface area contributed by atoms with E-state index >= 15 is 0 Å². The van der Waals surface area contributed by atoms with Crippen LogP contribution in [-0.2, 0) is 0 Å². The molecule has 2 rings (SSSR count). The second-order valence-corrected chi connectivity index (χ2v) is 5.44. The summed E-state index contributed by atoms with van der Waals surface area (Å²) in [6.07, 6.45) is 1.26. The first kappa shape index (κ1) is 16.3. The molecule has 0 amide bonds. The zero-order valence-electron chi connectivity index (χ0n) is 11.2. The van der Waals surface area contributed by atoms with Crippen LogP contribution >= 0.6 is 27.5 Å². The summed E-state index contributed by atoms with van der Waals surface area (Å²) in [6, 6.07) is 7.17. The van der Waals surface area contributed by atoms with Crippen molar-refractivity contribution in [1.82, 2.24) is 0 Å². The monoisotopic (exact) mass is 383 g/mol. The van der Waals surface area contributed by atoms with Crippen molar-refractivity contribution in [2.45, 2.75) is 0 Å². The van der Waals surface area contributed by atoms with E-state index < -0.39 is 4.92 Å². The van der Waals surface area contributed by atoms with Gasteiger partial charge in [0.05, 0.1) is 22.7 Å². The van der Waals surface area contributed by atoms with Crippen molar-refractivity contribution in [3.05, 3.63) is 55.5 Å². The Hall–Kier alpha value is -2.12. The topological polar surface area (TPSA) is 87.8 Å². The summed E-state index contributed by atoms with van der Waals surface area (Å²) in [5.41, 5.74) is 0.404. The number of rotatable bonds is 4. The van der Waals surface area contributed by atoms with Crippen LogP contribution in [0.5, 0.6) is 11.5 Å². The van der Waals surface area contributed by atoms with Gasteiger partial charge in [0.2, 0.25) is 0 Å². The van der Waals surface area contributed by atoms with Gasteiger partial charge in [-0.15, -0.1) is 0 Å². The highest BCUT2D eigenvalue weighted by Gasteiger charge is 2.09. The van der Waals surface area contributed by atoms with Gasteiger partial charge in [-0.05, 0) is 23.8 Å². The molecule has 114 valence electrons. The number of nitro benzene ring substituents is 1. The molecule has 2 aromatic carbocycles. The van der Waals surface area contributed by atoms with Gasteiger partial charge in [0, 0.05) is 22.8 Å². The van der Waals surface area contributed by atoms with Gasteiger partial charge >= 0.3 is 0 Å². The Labute approximate surface area is 139 Å². The summed E-state index contributed by atoms with van der Waals surface area (Å²) in [6.45, 7) is 0. The summed E-state index contributed by atoms with van der Waals surface area (Å²) in [7, 11) is 1.49. The lowest BCUT2D eigenvalue weighted by molar-refractivity contribution is -0.385. The zero-order valence-corrected chi connectivity index (χ0v) is 13.6. The van der Waals surface area contributed by atoms with Crippen molar-refractivity contribution >= 4 is 45.1 Å². The number of aliphatic imine (C=N–C) groups is 1. The predicted octanol–water partition coefficient (Wildman–Crippen LogP) is 3.84. The number of hydrogen-bond acceptors (Lipinski definition) is 5. The lowest BCUT2D eigenvalue weighted by Crippen LogP contribution is -1.99. The number of hydrogen-bond donors (Lipinski definition) is 0. The lowest BCUT2D eigenvalue weighted by Gasteiger charge is -2.12. The molecule has 0 aromatic heterocycles. The molecule has 22 heavy (non-hydrogen) atoms. The number of ether oxygens (including phenoxy) is 1. The third-order valence-corrected chi connectivity index (χ3v) is 3.64. The van der Waals surface area contributed by atoms with Crippen molar-refractivity contribution in [3.63, 3.8) is 0 Å². The highest BCUT2D eigenvalue weighted by molar-refractivity contribution is 9.10. The Morgan fingerprint density at radius 1 is 1.36 bits per heavy atom. The largest absolute Gasteiger partial charge is 0.871 e. The van der Waals surface area contributed by atoms with Crippen molar-refractivity contribution in [1.29, 1.82) is 0 Å². The first-order valence-corrected chi connectivity index (χ1v) is 7.12. The van der Waals surface area contributed by atoms with Crippen molar-refractivity contribution < 1.29 is 14.8 Å². The summed E-state index contributed by atoms with van der Waals surface area (Å²) in [5, 5.41) is 23.1. The third-order valence-electron chi connectivity index (χ3n) is 2.76. The normalized spacial score (nSPS) is 10.9. The van der Waals surface area contributed by atoms with E-state index in [1.165, 1.54) is 19.4 Å². The maximum absolute atomic E-state index is 11.9.